The highest BCUT2D eigenvalue weighted by atomic mass is 32.2. The molecule has 0 unspecified atom stereocenters. The topological polar surface area (TPSA) is 101 Å². The Balaban J connectivity index is 1.63. The van der Waals surface area contributed by atoms with Crippen molar-refractivity contribution in [2.24, 2.45) is 0 Å². The highest BCUT2D eigenvalue weighted by molar-refractivity contribution is 8.03. The van der Waals surface area contributed by atoms with E-state index in [0.717, 1.165) is 55.6 Å². The molecule has 8 nitrogen and oxygen atoms in total. The molecule has 186 valence electrons. The number of carboxylic acids is 1. The number of aromatic nitrogens is 1. The number of anilines is 1. The molecule has 0 saturated heterocycles. The largest absolute Gasteiger partial charge is 0.480 e. The summed E-state index contributed by atoms with van der Waals surface area (Å²) in [7, 11) is 1.68. The van der Waals surface area contributed by atoms with E-state index in [-0.39, 0.29) is 24.2 Å². The molecule has 2 N–H and O–H groups in total. The number of hydrogen-bond acceptors (Lipinski definition) is 7. The minimum atomic E-state index is -0.952. The third-order valence-corrected chi connectivity index (χ3v) is 8.65. The van der Waals surface area contributed by atoms with E-state index in [0.29, 0.717) is 18.3 Å². The summed E-state index contributed by atoms with van der Waals surface area (Å²) in [5.74, 6) is -0.878. The Kier molecular flexibility index (Phi) is 9.84. The predicted molar refractivity (Wildman–Crippen MR) is 131 cm³/mol. The SMILES string of the molecule is COCCO[C@H]1CC[C@H](N(C(=O)Nc2ncc(SC(C)(C)C(=O)O)s2)C2CCCCC2)CC1. The molecule has 0 spiro atoms. The molecule has 2 aliphatic carbocycles. The van der Waals surface area contributed by atoms with E-state index in [1.807, 2.05) is 0 Å². The Morgan fingerprint density at radius 3 is 2.45 bits per heavy atom. The van der Waals surface area contributed by atoms with Crippen molar-refractivity contribution in [1.82, 2.24) is 9.88 Å². The molecule has 0 aliphatic heterocycles. The molecule has 0 radical (unpaired) electrons. The molecule has 0 aromatic carbocycles. The summed E-state index contributed by atoms with van der Waals surface area (Å²) in [6.45, 7) is 4.55. The molecule has 2 amide bonds. The first-order valence-electron chi connectivity index (χ1n) is 11.9. The molecule has 1 aromatic rings. The minimum Gasteiger partial charge on any atom is -0.480 e. The van der Waals surface area contributed by atoms with Crippen LogP contribution in [0, 0.1) is 0 Å². The normalized spacial score (nSPS) is 22.2. The quantitative estimate of drug-likeness (QED) is 0.335. The molecule has 1 heterocycles. The summed E-state index contributed by atoms with van der Waals surface area (Å²) < 4.78 is 10.8. The van der Waals surface area contributed by atoms with E-state index in [1.54, 1.807) is 27.2 Å². The minimum absolute atomic E-state index is 0.0888. The second-order valence-electron chi connectivity index (χ2n) is 9.33. The first kappa shape index (κ1) is 26.2. The predicted octanol–water partition coefficient (Wildman–Crippen LogP) is 5.24. The molecule has 10 heteroatoms. The molecule has 0 atom stereocenters. The van der Waals surface area contributed by atoms with Crippen LogP contribution in [0.2, 0.25) is 0 Å². The second kappa shape index (κ2) is 12.4. The molecule has 2 fully saturated rings. The summed E-state index contributed by atoms with van der Waals surface area (Å²) in [5.41, 5.74) is 0. The number of nitrogens with zero attached hydrogens (tertiary/aromatic N) is 2. The monoisotopic (exact) mass is 499 g/mol. The van der Waals surface area contributed by atoms with Crippen LogP contribution in [-0.4, -0.2) is 70.2 Å². The van der Waals surface area contributed by atoms with Crippen LogP contribution in [0.3, 0.4) is 0 Å². The maximum Gasteiger partial charge on any atom is 0.324 e. The number of rotatable bonds is 10. The number of nitrogens with one attached hydrogen (secondary N) is 1. The van der Waals surface area contributed by atoms with Gasteiger partial charge in [0.1, 0.15) is 4.75 Å². The average molecular weight is 500 g/mol. The third kappa shape index (κ3) is 7.56. The Hall–Kier alpha value is -1.36. The molecule has 2 aliphatic rings. The van der Waals surface area contributed by atoms with Crippen LogP contribution in [0.4, 0.5) is 9.93 Å². The van der Waals surface area contributed by atoms with Crippen molar-refractivity contribution in [2.75, 3.05) is 25.6 Å². The first-order valence-corrected chi connectivity index (χ1v) is 13.5. The van der Waals surface area contributed by atoms with E-state index in [9.17, 15) is 14.7 Å². The van der Waals surface area contributed by atoms with Crippen LogP contribution in [0.15, 0.2) is 10.4 Å². The van der Waals surface area contributed by atoms with Gasteiger partial charge in [0.15, 0.2) is 5.13 Å². The number of urea groups is 1. The van der Waals surface area contributed by atoms with Crippen molar-refractivity contribution in [3.8, 4) is 0 Å². The molecule has 0 bridgehead atoms. The summed E-state index contributed by atoms with van der Waals surface area (Å²) >= 11 is 2.57. The average Bonchev–Trinajstić information content (AvgIpc) is 3.21. The first-order chi connectivity index (χ1) is 15.8. The Labute approximate surface area is 204 Å². The van der Waals surface area contributed by atoms with E-state index in [2.05, 4.69) is 15.2 Å². The molecule has 33 heavy (non-hydrogen) atoms. The fourth-order valence-corrected chi connectivity index (χ4v) is 6.86. The van der Waals surface area contributed by atoms with Gasteiger partial charge in [-0.1, -0.05) is 42.4 Å². The van der Waals surface area contributed by atoms with Crippen molar-refractivity contribution in [2.45, 2.75) is 98.8 Å². The summed E-state index contributed by atoms with van der Waals surface area (Å²) in [4.78, 5) is 31.3. The van der Waals surface area contributed by atoms with Crippen molar-refractivity contribution >= 4 is 40.2 Å². The number of carbonyl (C=O) groups excluding carboxylic acids is 1. The summed E-state index contributed by atoms with van der Waals surface area (Å²) in [5, 5.41) is 12.9. The molecular formula is C23H37N3O5S2. The van der Waals surface area contributed by atoms with E-state index >= 15 is 0 Å². The van der Waals surface area contributed by atoms with E-state index in [1.165, 1.54) is 29.5 Å². The Bertz CT molecular complexity index is 774. The van der Waals surface area contributed by atoms with Gasteiger partial charge in [0.05, 0.1) is 29.7 Å². The molecule has 3 rings (SSSR count). The number of methoxy groups -OCH3 is 1. The van der Waals surface area contributed by atoms with Crippen LogP contribution in [0.1, 0.15) is 71.6 Å². The van der Waals surface area contributed by atoms with Gasteiger partial charge in [0.25, 0.3) is 0 Å². The maximum absolute atomic E-state index is 13.4. The number of aliphatic carboxylic acids is 1. The van der Waals surface area contributed by atoms with Crippen molar-refractivity contribution < 1.29 is 24.2 Å². The number of thiazole rings is 1. The second-order valence-corrected chi connectivity index (χ2v) is 12.3. The van der Waals surface area contributed by atoms with Gasteiger partial charge in [0.2, 0.25) is 0 Å². The fraction of sp³-hybridized carbons (Fsp3) is 0.783. The van der Waals surface area contributed by atoms with Crippen LogP contribution < -0.4 is 5.32 Å². The number of ether oxygens (including phenoxy) is 2. The van der Waals surface area contributed by atoms with Crippen LogP contribution >= 0.6 is 23.1 Å². The number of carboxylic acid groups (broad SMARTS) is 1. The number of amides is 2. The standard InChI is InChI=1S/C23H37N3O5S2/c1-23(2,20(27)28)33-19-15-24-21(32-19)25-22(29)26(16-7-5-4-6-8-16)17-9-11-18(12-10-17)31-14-13-30-3/h15-18H,4-14H2,1-3H3,(H,27,28)(H,24,25,29)/t17-,18-. The zero-order chi connectivity index (χ0) is 23.8. The highest BCUT2D eigenvalue weighted by Crippen LogP contribution is 2.38. The van der Waals surface area contributed by atoms with Crippen LogP contribution in [0.25, 0.3) is 0 Å². The summed E-state index contributed by atoms with van der Waals surface area (Å²) in [6, 6.07) is 0.374. The van der Waals surface area contributed by atoms with Gasteiger partial charge in [-0.05, 0) is 52.4 Å². The zero-order valence-electron chi connectivity index (χ0n) is 19.9. The van der Waals surface area contributed by atoms with Gasteiger partial charge in [-0.3, -0.25) is 10.1 Å². The number of hydrogen-bond donors (Lipinski definition) is 2. The lowest BCUT2D eigenvalue weighted by Gasteiger charge is -2.42. The van der Waals surface area contributed by atoms with Crippen molar-refractivity contribution in [3.63, 3.8) is 0 Å². The number of thioether (sulfide) groups is 1. The Morgan fingerprint density at radius 1 is 1.15 bits per heavy atom. The van der Waals surface area contributed by atoms with Crippen LogP contribution in [0.5, 0.6) is 0 Å². The van der Waals surface area contributed by atoms with E-state index in [4.69, 9.17) is 9.47 Å². The maximum atomic E-state index is 13.4. The van der Waals surface area contributed by atoms with Gasteiger partial charge >= 0.3 is 12.0 Å². The molecular weight excluding hydrogens is 462 g/mol. The van der Waals surface area contributed by atoms with Crippen molar-refractivity contribution in [1.29, 1.82) is 0 Å². The number of carbonyl (C=O) groups is 2. The molecule has 1 aromatic heterocycles. The van der Waals surface area contributed by atoms with E-state index < -0.39 is 10.7 Å². The van der Waals surface area contributed by atoms with Crippen LogP contribution in [-0.2, 0) is 14.3 Å². The van der Waals surface area contributed by atoms with Gasteiger partial charge in [-0.25, -0.2) is 9.78 Å². The molecule has 2 saturated carbocycles. The van der Waals surface area contributed by atoms with Gasteiger partial charge in [-0.15, -0.1) is 0 Å². The lowest BCUT2D eigenvalue weighted by atomic mass is 9.88. The van der Waals surface area contributed by atoms with Gasteiger partial charge in [-0.2, -0.15) is 0 Å². The smallest absolute Gasteiger partial charge is 0.324 e. The van der Waals surface area contributed by atoms with Gasteiger partial charge in [0, 0.05) is 19.2 Å². The fourth-order valence-electron chi connectivity index (χ4n) is 4.59. The third-order valence-electron chi connectivity index (χ3n) is 6.45. The van der Waals surface area contributed by atoms with Gasteiger partial charge < -0.3 is 19.5 Å². The lowest BCUT2D eigenvalue weighted by Crippen LogP contribution is -2.51. The zero-order valence-corrected chi connectivity index (χ0v) is 21.5. The lowest BCUT2D eigenvalue weighted by molar-refractivity contribution is -0.138. The highest BCUT2D eigenvalue weighted by Gasteiger charge is 2.35. The summed E-state index contributed by atoms with van der Waals surface area (Å²) in [6.07, 6.45) is 11.3. The Morgan fingerprint density at radius 2 is 1.82 bits per heavy atom. The van der Waals surface area contributed by atoms with Crippen molar-refractivity contribution in [3.05, 3.63) is 6.20 Å².